The number of carbonyl (C=O) groups is 1. The molecule has 0 bridgehead atoms. The standard InChI is InChI=1S/C18H20N2O/c1-12-9-14-5-3-4-6-17(14)20(11-12)18(21)16-10-15(19)8-7-13(16)2/h3-8,10,12H,9,11,19H2,1-2H3. The van der Waals surface area contributed by atoms with Crippen molar-refractivity contribution in [3.05, 3.63) is 59.2 Å². The number of para-hydroxylation sites is 1. The van der Waals surface area contributed by atoms with Crippen molar-refractivity contribution in [1.82, 2.24) is 0 Å². The van der Waals surface area contributed by atoms with E-state index >= 15 is 0 Å². The zero-order chi connectivity index (χ0) is 15.0. The number of benzene rings is 2. The first kappa shape index (κ1) is 13.7. The Balaban J connectivity index is 2.04. The van der Waals surface area contributed by atoms with Gasteiger partial charge in [-0.2, -0.15) is 0 Å². The molecule has 2 aromatic carbocycles. The van der Waals surface area contributed by atoms with Gasteiger partial charge in [-0.25, -0.2) is 0 Å². The van der Waals surface area contributed by atoms with Crippen LogP contribution in [0.5, 0.6) is 0 Å². The van der Waals surface area contributed by atoms with Gasteiger partial charge in [-0.05, 0) is 48.6 Å². The molecule has 3 nitrogen and oxygen atoms in total. The minimum Gasteiger partial charge on any atom is -0.399 e. The zero-order valence-electron chi connectivity index (χ0n) is 12.5. The number of rotatable bonds is 1. The number of hydrogen-bond donors (Lipinski definition) is 1. The number of aryl methyl sites for hydroxylation is 1. The number of nitrogen functional groups attached to an aromatic ring is 1. The Hall–Kier alpha value is -2.29. The molecule has 0 radical (unpaired) electrons. The maximum Gasteiger partial charge on any atom is 0.258 e. The molecule has 108 valence electrons. The van der Waals surface area contributed by atoms with Crippen molar-refractivity contribution >= 4 is 17.3 Å². The van der Waals surface area contributed by atoms with Crippen LogP contribution in [0.25, 0.3) is 0 Å². The van der Waals surface area contributed by atoms with Crippen molar-refractivity contribution in [3.63, 3.8) is 0 Å². The number of fused-ring (bicyclic) bond motifs is 1. The maximum absolute atomic E-state index is 13.0. The minimum atomic E-state index is 0.0406. The normalized spacial score (nSPS) is 17.4. The SMILES string of the molecule is Cc1ccc(N)cc1C(=O)N1CC(C)Cc2ccccc21. The van der Waals surface area contributed by atoms with E-state index < -0.39 is 0 Å². The Kier molecular flexibility index (Phi) is 3.42. The van der Waals surface area contributed by atoms with Crippen molar-refractivity contribution < 1.29 is 4.79 Å². The topological polar surface area (TPSA) is 46.3 Å². The van der Waals surface area contributed by atoms with Crippen LogP contribution in [0.4, 0.5) is 11.4 Å². The van der Waals surface area contributed by atoms with Crippen molar-refractivity contribution in [1.29, 1.82) is 0 Å². The maximum atomic E-state index is 13.0. The second-order valence-electron chi connectivity index (χ2n) is 5.93. The summed E-state index contributed by atoms with van der Waals surface area (Å²) >= 11 is 0. The average molecular weight is 280 g/mol. The Morgan fingerprint density at radius 1 is 1.24 bits per heavy atom. The van der Waals surface area contributed by atoms with E-state index in [2.05, 4.69) is 13.0 Å². The molecular weight excluding hydrogens is 260 g/mol. The van der Waals surface area contributed by atoms with Crippen LogP contribution in [0.15, 0.2) is 42.5 Å². The molecule has 2 N–H and O–H groups in total. The monoisotopic (exact) mass is 280 g/mol. The summed E-state index contributed by atoms with van der Waals surface area (Å²) in [5.74, 6) is 0.504. The summed E-state index contributed by atoms with van der Waals surface area (Å²) in [5.41, 5.74) is 10.4. The van der Waals surface area contributed by atoms with Crippen molar-refractivity contribution in [2.75, 3.05) is 17.2 Å². The van der Waals surface area contributed by atoms with Crippen LogP contribution in [-0.2, 0) is 6.42 Å². The van der Waals surface area contributed by atoms with Gasteiger partial charge >= 0.3 is 0 Å². The Morgan fingerprint density at radius 3 is 2.81 bits per heavy atom. The van der Waals surface area contributed by atoms with Gasteiger partial charge in [0.2, 0.25) is 0 Å². The highest BCUT2D eigenvalue weighted by atomic mass is 16.2. The molecule has 1 amide bonds. The lowest BCUT2D eigenvalue weighted by Crippen LogP contribution is -2.39. The van der Waals surface area contributed by atoms with Gasteiger partial charge < -0.3 is 10.6 Å². The van der Waals surface area contributed by atoms with Crippen LogP contribution < -0.4 is 10.6 Å². The fourth-order valence-electron chi connectivity index (χ4n) is 3.00. The number of anilines is 2. The van der Waals surface area contributed by atoms with Crippen molar-refractivity contribution in [2.45, 2.75) is 20.3 Å². The third kappa shape index (κ3) is 2.51. The molecular formula is C18H20N2O. The molecule has 1 unspecified atom stereocenters. The molecule has 1 atom stereocenters. The quantitative estimate of drug-likeness (QED) is 0.814. The summed E-state index contributed by atoms with van der Waals surface area (Å²) in [6, 6.07) is 13.7. The third-order valence-electron chi connectivity index (χ3n) is 4.08. The molecule has 21 heavy (non-hydrogen) atoms. The molecule has 1 aliphatic rings. The van der Waals surface area contributed by atoms with Crippen LogP contribution in [0.2, 0.25) is 0 Å². The summed E-state index contributed by atoms with van der Waals surface area (Å²) in [6.45, 7) is 4.89. The number of nitrogens with two attached hydrogens (primary N) is 1. The van der Waals surface area contributed by atoms with Crippen LogP contribution in [0, 0.1) is 12.8 Å². The van der Waals surface area contributed by atoms with E-state index in [1.807, 2.05) is 42.2 Å². The zero-order valence-corrected chi connectivity index (χ0v) is 12.5. The molecule has 2 aromatic rings. The lowest BCUT2D eigenvalue weighted by Gasteiger charge is -2.33. The van der Waals surface area contributed by atoms with Gasteiger partial charge in [0.15, 0.2) is 0 Å². The average Bonchev–Trinajstić information content (AvgIpc) is 2.48. The first-order valence-electron chi connectivity index (χ1n) is 7.32. The highest BCUT2D eigenvalue weighted by Gasteiger charge is 2.27. The van der Waals surface area contributed by atoms with E-state index in [9.17, 15) is 4.79 Å². The number of amides is 1. The van der Waals surface area contributed by atoms with Gasteiger partial charge in [0.25, 0.3) is 5.91 Å². The van der Waals surface area contributed by atoms with E-state index in [4.69, 9.17) is 5.73 Å². The van der Waals surface area contributed by atoms with Crippen LogP contribution in [-0.4, -0.2) is 12.5 Å². The summed E-state index contributed by atoms with van der Waals surface area (Å²) in [6.07, 6.45) is 1.02. The number of nitrogens with zero attached hydrogens (tertiary/aromatic N) is 1. The van der Waals surface area contributed by atoms with E-state index in [1.165, 1.54) is 5.56 Å². The second kappa shape index (κ2) is 5.24. The predicted molar refractivity (Wildman–Crippen MR) is 86.6 cm³/mol. The van der Waals surface area contributed by atoms with Gasteiger partial charge in [0, 0.05) is 23.5 Å². The van der Waals surface area contributed by atoms with Crippen molar-refractivity contribution in [3.8, 4) is 0 Å². The van der Waals surface area contributed by atoms with E-state index in [-0.39, 0.29) is 5.91 Å². The highest BCUT2D eigenvalue weighted by Crippen LogP contribution is 2.31. The first-order chi connectivity index (χ1) is 10.1. The van der Waals surface area contributed by atoms with Crippen LogP contribution in [0.1, 0.15) is 28.4 Å². The lowest BCUT2D eigenvalue weighted by atomic mass is 9.93. The van der Waals surface area contributed by atoms with E-state index in [1.54, 1.807) is 6.07 Å². The largest absolute Gasteiger partial charge is 0.399 e. The first-order valence-corrected chi connectivity index (χ1v) is 7.32. The third-order valence-corrected chi connectivity index (χ3v) is 4.08. The van der Waals surface area contributed by atoms with Gasteiger partial charge in [-0.1, -0.05) is 31.2 Å². The molecule has 0 saturated heterocycles. The molecule has 3 heteroatoms. The Labute approximate surface area is 125 Å². The van der Waals surface area contributed by atoms with Gasteiger partial charge in [0.1, 0.15) is 0 Å². The Morgan fingerprint density at radius 2 is 2.00 bits per heavy atom. The summed E-state index contributed by atoms with van der Waals surface area (Å²) in [4.78, 5) is 14.8. The van der Waals surface area contributed by atoms with E-state index in [0.29, 0.717) is 17.2 Å². The van der Waals surface area contributed by atoms with E-state index in [0.717, 1.165) is 24.2 Å². The van der Waals surface area contributed by atoms with Crippen LogP contribution in [0.3, 0.4) is 0 Å². The number of carbonyl (C=O) groups excluding carboxylic acids is 1. The van der Waals surface area contributed by atoms with Gasteiger partial charge in [-0.15, -0.1) is 0 Å². The fourth-order valence-corrected chi connectivity index (χ4v) is 3.00. The van der Waals surface area contributed by atoms with Gasteiger partial charge in [-0.3, -0.25) is 4.79 Å². The summed E-state index contributed by atoms with van der Waals surface area (Å²) in [7, 11) is 0. The van der Waals surface area contributed by atoms with Crippen LogP contribution >= 0.6 is 0 Å². The summed E-state index contributed by atoms with van der Waals surface area (Å²) in [5, 5.41) is 0. The predicted octanol–water partition coefficient (Wildman–Crippen LogP) is 3.42. The molecule has 0 aromatic heterocycles. The molecule has 1 heterocycles. The minimum absolute atomic E-state index is 0.0406. The Bertz CT molecular complexity index is 693. The molecule has 0 saturated carbocycles. The van der Waals surface area contributed by atoms with Crippen molar-refractivity contribution in [2.24, 2.45) is 5.92 Å². The molecule has 0 spiro atoms. The number of hydrogen-bond acceptors (Lipinski definition) is 2. The molecule has 1 aliphatic heterocycles. The second-order valence-corrected chi connectivity index (χ2v) is 5.93. The smallest absolute Gasteiger partial charge is 0.258 e. The molecule has 0 aliphatic carbocycles. The summed E-state index contributed by atoms with van der Waals surface area (Å²) < 4.78 is 0. The highest BCUT2D eigenvalue weighted by molar-refractivity contribution is 6.08. The van der Waals surface area contributed by atoms with Gasteiger partial charge in [0.05, 0.1) is 0 Å². The molecule has 0 fully saturated rings. The fraction of sp³-hybridized carbons (Fsp3) is 0.278. The lowest BCUT2D eigenvalue weighted by molar-refractivity contribution is 0.0980. The molecule has 3 rings (SSSR count).